The first-order chi connectivity index (χ1) is 22.2. The number of hydrogen-bond donors (Lipinski definition) is 6. The molecule has 47 heavy (non-hydrogen) atoms. The van der Waals surface area contributed by atoms with Gasteiger partial charge in [0.1, 0.15) is 24.2 Å². The molecule has 0 spiro atoms. The lowest BCUT2D eigenvalue weighted by Crippen LogP contribution is -2.45. The van der Waals surface area contributed by atoms with E-state index < -0.39 is 30.0 Å². The number of carboxylic acids is 1. The number of alkyl halides is 3. The number of likely N-dealkylation sites (N-methyl/N-ethyl adjacent to an activating group) is 1. The Labute approximate surface area is 269 Å². The molecule has 254 valence electrons. The second-order valence-electron chi connectivity index (χ2n) is 9.81. The Morgan fingerprint density at radius 3 is 2.15 bits per heavy atom. The normalized spacial score (nSPS) is 11.3. The lowest BCUT2D eigenvalue weighted by atomic mass is 10.0. The fraction of sp³-hybridized carbons (Fsp3) is 0.290. The molecule has 3 aromatic carbocycles. The Kier molecular flexibility index (Phi) is 14.3. The zero-order chi connectivity index (χ0) is 35.1. The number of rotatable bonds is 13. The Morgan fingerprint density at radius 2 is 1.60 bits per heavy atom. The number of halogens is 3. The number of nitrogens with one attached hydrogen (secondary N) is 4. The number of ether oxygens (including phenoxy) is 3. The molecule has 0 aromatic heterocycles. The maximum absolute atomic E-state index is 13.5. The van der Waals surface area contributed by atoms with Crippen LogP contribution in [0.25, 0.3) is 0 Å². The van der Waals surface area contributed by atoms with E-state index in [1.807, 2.05) is 25.9 Å². The van der Waals surface area contributed by atoms with Crippen molar-refractivity contribution in [1.29, 1.82) is 5.41 Å². The van der Waals surface area contributed by atoms with Crippen LogP contribution < -0.4 is 36.1 Å². The highest BCUT2D eigenvalue weighted by Gasteiger charge is 2.38. The molecule has 1 unspecified atom stereocenters. The minimum absolute atomic E-state index is 0.0638. The summed E-state index contributed by atoms with van der Waals surface area (Å²) in [5, 5.41) is 17.9. The van der Waals surface area contributed by atoms with Gasteiger partial charge in [0.05, 0.1) is 19.3 Å². The summed E-state index contributed by atoms with van der Waals surface area (Å²) in [5.41, 5.74) is 12.5. The van der Waals surface area contributed by atoms with Crippen molar-refractivity contribution in [1.82, 2.24) is 15.8 Å². The topological polar surface area (TPSA) is 188 Å². The van der Waals surface area contributed by atoms with Crippen LogP contribution in [0.1, 0.15) is 34.5 Å². The Balaban J connectivity index is 0.000000984. The van der Waals surface area contributed by atoms with Crippen molar-refractivity contribution < 1.29 is 46.9 Å². The van der Waals surface area contributed by atoms with Gasteiger partial charge in [-0.15, -0.1) is 0 Å². The Bertz CT molecular complexity index is 1520. The number of amidine groups is 1. The summed E-state index contributed by atoms with van der Waals surface area (Å²) in [6.45, 7) is 3.45. The Hall–Kier alpha value is -5.51. The monoisotopic (exact) mass is 662 g/mol. The third-order valence-corrected chi connectivity index (χ3v) is 6.06. The maximum Gasteiger partial charge on any atom is 0.490 e. The fourth-order valence-electron chi connectivity index (χ4n) is 3.73. The molecule has 0 bridgehead atoms. The third-order valence-electron chi connectivity index (χ3n) is 6.06. The molecule has 0 aliphatic rings. The van der Waals surface area contributed by atoms with Crippen molar-refractivity contribution in [2.24, 2.45) is 5.73 Å². The minimum Gasteiger partial charge on any atom is -0.496 e. The standard InChI is InChI=1S/C29H36N6O5.C2HF3O2/c1-5-39-25-18-20(12-15-24(25)40-17-16-35(2)3)26(32-21-13-10-19(11-14-21)27(30)31)29(37)34-33-28(36)22-8-6-7-9-23(22)38-4;3-2(4,5)1(6)7/h6-15,18,26,32H,5,16-17H2,1-4H3,(H3,30,31)(H,33,36)(H,34,37);(H,6,7). The van der Waals surface area contributed by atoms with Gasteiger partial charge in [-0.1, -0.05) is 18.2 Å². The van der Waals surface area contributed by atoms with Gasteiger partial charge in [-0.05, 0) is 75.1 Å². The van der Waals surface area contributed by atoms with Crippen LogP contribution in [0.5, 0.6) is 17.2 Å². The summed E-state index contributed by atoms with van der Waals surface area (Å²) in [5.74, 6) is -2.46. The molecule has 2 amide bonds. The highest BCUT2D eigenvalue weighted by Crippen LogP contribution is 2.32. The second kappa shape index (κ2) is 17.8. The van der Waals surface area contributed by atoms with Gasteiger partial charge in [0.2, 0.25) is 0 Å². The van der Waals surface area contributed by atoms with Crippen LogP contribution in [0.4, 0.5) is 18.9 Å². The molecule has 0 aliphatic carbocycles. The molecule has 16 heteroatoms. The molecule has 0 saturated carbocycles. The summed E-state index contributed by atoms with van der Waals surface area (Å²) < 4.78 is 48.7. The van der Waals surface area contributed by atoms with Gasteiger partial charge in [0.15, 0.2) is 11.5 Å². The predicted molar refractivity (Wildman–Crippen MR) is 168 cm³/mol. The number of amides is 2. The van der Waals surface area contributed by atoms with Crippen LogP contribution in [0.15, 0.2) is 66.7 Å². The maximum atomic E-state index is 13.5. The summed E-state index contributed by atoms with van der Waals surface area (Å²) in [4.78, 5) is 37.2. The first-order valence-electron chi connectivity index (χ1n) is 14.0. The molecule has 3 aromatic rings. The first-order valence-corrected chi connectivity index (χ1v) is 14.0. The smallest absolute Gasteiger partial charge is 0.490 e. The average molecular weight is 663 g/mol. The molecule has 0 fully saturated rings. The number of benzene rings is 3. The van der Waals surface area contributed by atoms with Crippen LogP contribution in [0.2, 0.25) is 0 Å². The summed E-state index contributed by atoms with van der Waals surface area (Å²) in [6, 6.07) is 17.8. The second-order valence-corrected chi connectivity index (χ2v) is 9.81. The van der Waals surface area contributed by atoms with Crippen molar-refractivity contribution in [2.75, 3.05) is 46.3 Å². The van der Waals surface area contributed by atoms with Gasteiger partial charge < -0.3 is 35.3 Å². The van der Waals surface area contributed by atoms with Crippen LogP contribution in [-0.4, -0.2) is 80.8 Å². The number of nitrogens with zero attached hydrogens (tertiary/aromatic N) is 1. The van der Waals surface area contributed by atoms with Crippen molar-refractivity contribution in [2.45, 2.75) is 19.1 Å². The van der Waals surface area contributed by atoms with Gasteiger partial charge in [-0.25, -0.2) is 4.79 Å². The zero-order valence-corrected chi connectivity index (χ0v) is 26.1. The van der Waals surface area contributed by atoms with Crippen molar-refractivity contribution in [3.8, 4) is 17.2 Å². The number of carboxylic acid groups (broad SMARTS) is 1. The van der Waals surface area contributed by atoms with E-state index >= 15 is 0 Å². The minimum atomic E-state index is -5.08. The number of carbonyl (C=O) groups excluding carboxylic acids is 2. The number of aliphatic carboxylic acids is 1. The number of hydrogen-bond acceptors (Lipinski definition) is 9. The highest BCUT2D eigenvalue weighted by molar-refractivity contribution is 5.98. The number of methoxy groups -OCH3 is 1. The lowest BCUT2D eigenvalue weighted by Gasteiger charge is -2.22. The summed E-state index contributed by atoms with van der Waals surface area (Å²) in [7, 11) is 5.38. The number of nitrogen functional groups attached to an aromatic ring is 1. The molecule has 0 aliphatic heterocycles. The number of anilines is 1. The number of hydrazine groups is 1. The zero-order valence-electron chi connectivity index (χ0n) is 26.1. The van der Waals surface area contributed by atoms with E-state index in [1.54, 1.807) is 66.7 Å². The Morgan fingerprint density at radius 1 is 0.957 bits per heavy atom. The van der Waals surface area contributed by atoms with E-state index in [-0.39, 0.29) is 11.4 Å². The van der Waals surface area contributed by atoms with Crippen LogP contribution >= 0.6 is 0 Å². The van der Waals surface area contributed by atoms with E-state index in [1.165, 1.54) is 7.11 Å². The van der Waals surface area contributed by atoms with E-state index in [2.05, 4.69) is 16.2 Å². The third kappa shape index (κ3) is 12.1. The molecular formula is C31H37F3N6O7. The predicted octanol–water partition coefficient (Wildman–Crippen LogP) is 3.57. The lowest BCUT2D eigenvalue weighted by molar-refractivity contribution is -0.192. The van der Waals surface area contributed by atoms with Gasteiger partial charge in [0, 0.05) is 17.8 Å². The molecule has 13 nitrogen and oxygen atoms in total. The largest absolute Gasteiger partial charge is 0.496 e. The fourth-order valence-corrected chi connectivity index (χ4v) is 3.73. The molecule has 1 atom stereocenters. The average Bonchev–Trinajstić information content (AvgIpc) is 3.03. The van der Waals surface area contributed by atoms with Crippen LogP contribution in [0.3, 0.4) is 0 Å². The first kappa shape index (κ1) is 37.7. The van der Waals surface area contributed by atoms with Crippen molar-refractivity contribution in [3.63, 3.8) is 0 Å². The van der Waals surface area contributed by atoms with Crippen LogP contribution in [-0.2, 0) is 9.59 Å². The molecular weight excluding hydrogens is 625 g/mol. The van der Waals surface area contributed by atoms with Crippen LogP contribution in [0, 0.1) is 5.41 Å². The summed E-state index contributed by atoms with van der Waals surface area (Å²) in [6.07, 6.45) is -5.08. The van der Waals surface area contributed by atoms with Gasteiger partial charge >= 0.3 is 12.1 Å². The van der Waals surface area contributed by atoms with Crippen molar-refractivity contribution >= 4 is 29.3 Å². The molecule has 0 heterocycles. The van der Waals surface area contributed by atoms with E-state index in [4.69, 9.17) is 35.3 Å². The van der Waals surface area contributed by atoms with E-state index in [0.29, 0.717) is 47.3 Å². The SMILES string of the molecule is CCOc1cc(C(Nc2ccc(C(=N)N)cc2)C(=O)NNC(=O)c2ccccc2OC)ccc1OCCN(C)C.O=C(O)C(F)(F)F. The van der Waals surface area contributed by atoms with E-state index in [9.17, 15) is 22.8 Å². The van der Waals surface area contributed by atoms with Gasteiger partial charge in [-0.3, -0.25) is 25.8 Å². The molecule has 0 radical (unpaired) electrons. The highest BCUT2D eigenvalue weighted by atomic mass is 19.4. The molecule has 7 N–H and O–H groups in total. The number of nitrogens with two attached hydrogens (primary N) is 1. The van der Waals surface area contributed by atoms with Gasteiger partial charge in [0.25, 0.3) is 11.8 Å². The molecule has 0 saturated heterocycles. The number of carbonyl (C=O) groups is 3. The number of para-hydroxylation sites is 1. The van der Waals surface area contributed by atoms with Crippen molar-refractivity contribution in [3.05, 3.63) is 83.4 Å². The van der Waals surface area contributed by atoms with E-state index in [0.717, 1.165) is 6.54 Å². The van der Waals surface area contributed by atoms with Gasteiger partial charge in [-0.2, -0.15) is 13.2 Å². The molecule has 3 rings (SSSR count). The quantitative estimate of drug-likeness (QED) is 0.0897. The summed E-state index contributed by atoms with van der Waals surface area (Å²) >= 11 is 0.